The number of nitriles is 1. The minimum atomic E-state index is -0.621. The van der Waals surface area contributed by atoms with Crippen molar-refractivity contribution in [3.05, 3.63) is 34.9 Å². The Bertz CT molecular complexity index is 417. The fraction of sp³-hybridized carbons (Fsp3) is 0.500. The number of rotatable bonds is 6. The van der Waals surface area contributed by atoms with Crippen LogP contribution in [0.2, 0.25) is 5.02 Å². The van der Waals surface area contributed by atoms with Crippen LogP contribution >= 0.6 is 11.6 Å². The molecule has 1 aromatic rings. The molecule has 0 saturated heterocycles. The Morgan fingerprint density at radius 2 is 2.06 bits per heavy atom. The van der Waals surface area contributed by atoms with Gasteiger partial charge < -0.3 is 5.11 Å². The topological polar surface area (TPSA) is 47.3 Å². The first-order valence-corrected chi connectivity index (χ1v) is 6.50. The molecule has 2 atom stereocenters. The maximum Gasteiger partial charge on any atom is 0.0931 e. The Balaban J connectivity index is 2.65. The molecule has 2 unspecified atom stereocenters. The first-order chi connectivity index (χ1) is 8.58. The third kappa shape index (κ3) is 4.30. The average Bonchev–Trinajstić information content (AvgIpc) is 2.38. The minimum absolute atomic E-state index is 0.0385. The summed E-state index contributed by atoms with van der Waals surface area (Å²) in [7, 11) is 0. The smallest absolute Gasteiger partial charge is 0.0931 e. The minimum Gasteiger partial charge on any atom is -0.387 e. The van der Waals surface area contributed by atoms with Gasteiger partial charge >= 0.3 is 0 Å². The Morgan fingerprint density at radius 1 is 1.39 bits per heavy atom. The third-order valence-corrected chi connectivity index (χ3v) is 3.24. The number of likely N-dealkylation sites (N-methyl/N-ethyl adjacent to an activating group) is 1. The maximum absolute atomic E-state index is 10.2. The summed E-state index contributed by atoms with van der Waals surface area (Å²) in [6.45, 7) is 5.85. The zero-order chi connectivity index (χ0) is 13.5. The van der Waals surface area contributed by atoms with Crippen molar-refractivity contribution in [3.8, 4) is 6.07 Å². The van der Waals surface area contributed by atoms with Crippen molar-refractivity contribution >= 4 is 11.6 Å². The van der Waals surface area contributed by atoms with Crippen molar-refractivity contribution < 1.29 is 5.11 Å². The molecular formula is C14H19ClN2O. The summed E-state index contributed by atoms with van der Waals surface area (Å²) in [6.07, 6.45) is -0.621. The van der Waals surface area contributed by atoms with E-state index in [0.29, 0.717) is 18.1 Å². The molecule has 0 aliphatic rings. The molecule has 0 radical (unpaired) electrons. The van der Waals surface area contributed by atoms with E-state index in [9.17, 15) is 5.11 Å². The molecular weight excluding hydrogens is 248 g/mol. The summed E-state index contributed by atoms with van der Waals surface area (Å²) < 4.78 is 0. The molecule has 1 aromatic carbocycles. The van der Waals surface area contributed by atoms with Gasteiger partial charge in [-0.05, 0) is 19.5 Å². The Hall–Kier alpha value is -1.08. The molecule has 0 heterocycles. The summed E-state index contributed by atoms with van der Waals surface area (Å²) in [5.41, 5.74) is 0.738. The van der Waals surface area contributed by atoms with Crippen LogP contribution in [0.15, 0.2) is 24.3 Å². The number of benzene rings is 1. The fourth-order valence-corrected chi connectivity index (χ4v) is 2.11. The molecule has 0 aliphatic heterocycles. The van der Waals surface area contributed by atoms with E-state index in [-0.39, 0.29) is 5.92 Å². The van der Waals surface area contributed by atoms with Crippen molar-refractivity contribution in [2.24, 2.45) is 5.92 Å². The highest BCUT2D eigenvalue weighted by atomic mass is 35.5. The van der Waals surface area contributed by atoms with Gasteiger partial charge in [-0.25, -0.2) is 0 Å². The van der Waals surface area contributed by atoms with Gasteiger partial charge in [-0.2, -0.15) is 5.26 Å². The monoisotopic (exact) mass is 266 g/mol. The first kappa shape index (κ1) is 15.0. The number of aliphatic hydroxyl groups excluding tert-OH is 1. The van der Waals surface area contributed by atoms with Gasteiger partial charge in [-0.15, -0.1) is 0 Å². The lowest BCUT2D eigenvalue weighted by Crippen LogP contribution is -2.32. The molecule has 18 heavy (non-hydrogen) atoms. The van der Waals surface area contributed by atoms with Crippen LogP contribution in [0.1, 0.15) is 25.5 Å². The molecule has 0 bridgehead atoms. The summed E-state index contributed by atoms with van der Waals surface area (Å²) in [4.78, 5) is 2.06. The molecule has 1 N–H and O–H groups in total. The molecule has 0 amide bonds. The van der Waals surface area contributed by atoms with E-state index in [0.717, 1.165) is 12.1 Å². The van der Waals surface area contributed by atoms with Crippen LogP contribution in [-0.4, -0.2) is 29.6 Å². The number of halogens is 1. The quantitative estimate of drug-likeness (QED) is 0.861. The van der Waals surface area contributed by atoms with Crippen LogP contribution in [0.4, 0.5) is 0 Å². The Morgan fingerprint density at radius 3 is 2.61 bits per heavy atom. The number of aliphatic hydroxyl groups is 1. The average molecular weight is 267 g/mol. The van der Waals surface area contributed by atoms with Crippen LogP contribution in [-0.2, 0) is 0 Å². The lowest BCUT2D eigenvalue weighted by atomic mass is 10.1. The normalized spacial score (nSPS) is 14.2. The number of hydrogen-bond acceptors (Lipinski definition) is 3. The van der Waals surface area contributed by atoms with Crippen molar-refractivity contribution in [2.75, 3.05) is 19.6 Å². The number of hydrogen-bond donors (Lipinski definition) is 1. The van der Waals surface area contributed by atoms with Crippen LogP contribution in [0.5, 0.6) is 0 Å². The molecule has 1 rings (SSSR count). The van der Waals surface area contributed by atoms with Gasteiger partial charge in [0.1, 0.15) is 0 Å². The fourth-order valence-electron chi connectivity index (χ4n) is 1.85. The van der Waals surface area contributed by atoms with Gasteiger partial charge in [0.05, 0.1) is 18.1 Å². The van der Waals surface area contributed by atoms with Gasteiger partial charge in [0.2, 0.25) is 0 Å². The molecule has 0 spiro atoms. The standard InChI is InChI=1S/C14H19ClN2O/c1-3-17(9-11(2)8-16)10-14(18)12-6-4-5-7-13(12)15/h4-7,11,14,18H,3,9-10H2,1-2H3. The highest BCUT2D eigenvalue weighted by molar-refractivity contribution is 6.31. The van der Waals surface area contributed by atoms with Gasteiger partial charge in [-0.3, -0.25) is 4.90 Å². The summed E-state index contributed by atoms with van der Waals surface area (Å²) in [5.74, 6) is -0.0385. The van der Waals surface area contributed by atoms with Crippen molar-refractivity contribution in [1.29, 1.82) is 5.26 Å². The highest BCUT2D eigenvalue weighted by Gasteiger charge is 2.16. The zero-order valence-electron chi connectivity index (χ0n) is 10.8. The second-order valence-electron chi connectivity index (χ2n) is 4.42. The molecule has 98 valence electrons. The summed E-state index contributed by atoms with van der Waals surface area (Å²) >= 11 is 6.05. The third-order valence-electron chi connectivity index (χ3n) is 2.90. The second kappa shape index (κ2) is 7.38. The Kier molecular flexibility index (Phi) is 6.14. The SMILES string of the molecule is CCN(CC(C)C#N)CC(O)c1ccccc1Cl. The van der Waals surface area contributed by atoms with Gasteiger partial charge in [-0.1, -0.05) is 36.7 Å². The highest BCUT2D eigenvalue weighted by Crippen LogP contribution is 2.23. The van der Waals surface area contributed by atoms with Crippen molar-refractivity contribution in [3.63, 3.8) is 0 Å². The molecule has 4 heteroatoms. The Labute approximate surface area is 114 Å². The van der Waals surface area contributed by atoms with E-state index < -0.39 is 6.10 Å². The molecule has 3 nitrogen and oxygen atoms in total. The lowest BCUT2D eigenvalue weighted by Gasteiger charge is -2.25. The zero-order valence-corrected chi connectivity index (χ0v) is 11.6. The van der Waals surface area contributed by atoms with Crippen LogP contribution in [0.3, 0.4) is 0 Å². The second-order valence-corrected chi connectivity index (χ2v) is 4.83. The maximum atomic E-state index is 10.2. The van der Waals surface area contributed by atoms with Gasteiger partial charge in [0.15, 0.2) is 0 Å². The largest absolute Gasteiger partial charge is 0.387 e. The van der Waals surface area contributed by atoms with E-state index in [4.69, 9.17) is 16.9 Å². The van der Waals surface area contributed by atoms with Gasteiger partial charge in [0.25, 0.3) is 0 Å². The van der Waals surface area contributed by atoms with E-state index in [1.54, 1.807) is 6.07 Å². The molecule has 0 saturated carbocycles. The van der Waals surface area contributed by atoms with E-state index in [1.165, 1.54) is 0 Å². The van der Waals surface area contributed by atoms with E-state index in [2.05, 4.69) is 11.0 Å². The predicted octanol–water partition coefficient (Wildman–Crippen LogP) is 2.85. The summed E-state index contributed by atoms with van der Waals surface area (Å²) in [6, 6.07) is 9.51. The molecule has 0 aromatic heterocycles. The van der Waals surface area contributed by atoms with E-state index in [1.807, 2.05) is 32.0 Å². The van der Waals surface area contributed by atoms with E-state index >= 15 is 0 Å². The van der Waals surface area contributed by atoms with Gasteiger partial charge in [0, 0.05) is 23.7 Å². The lowest BCUT2D eigenvalue weighted by molar-refractivity contribution is 0.112. The first-order valence-electron chi connectivity index (χ1n) is 6.13. The van der Waals surface area contributed by atoms with Crippen molar-refractivity contribution in [1.82, 2.24) is 4.90 Å². The number of nitrogens with zero attached hydrogens (tertiary/aromatic N) is 2. The molecule has 0 aliphatic carbocycles. The van der Waals surface area contributed by atoms with Crippen LogP contribution in [0, 0.1) is 17.2 Å². The summed E-state index contributed by atoms with van der Waals surface area (Å²) in [5, 5.41) is 19.6. The van der Waals surface area contributed by atoms with Crippen LogP contribution < -0.4 is 0 Å². The molecule has 0 fully saturated rings. The van der Waals surface area contributed by atoms with Crippen LogP contribution in [0.25, 0.3) is 0 Å². The van der Waals surface area contributed by atoms with Crippen molar-refractivity contribution in [2.45, 2.75) is 20.0 Å². The predicted molar refractivity (Wildman–Crippen MR) is 73.3 cm³/mol.